The Morgan fingerprint density at radius 2 is 2.12 bits per heavy atom. The molecule has 1 heterocycles. The zero-order chi connectivity index (χ0) is 12.6. The fourth-order valence-electron chi connectivity index (χ4n) is 1.81. The number of carbonyl (C=O) groups is 1. The molecule has 2 aromatic rings. The van der Waals surface area contributed by atoms with Crippen LogP contribution in [-0.2, 0) is 0 Å². The highest BCUT2D eigenvalue weighted by Crippen LogP contribution is 2.33. The molecule has 1 aromatic heterocycles. The molecule has 1 aromatic carbocycles. The van der Waals surface area contributed by atoms with Gasteiger partial charge in [-0.1, -0.05) is 5.16 Å². The van der Waals surface area contributed by atoms with Gasteiger partial charge in [0, 0.05) is 5.56 Å². The van der Waals surface area contributed by atoms with E-state index in [2.05, 4.69) is 5.16 Å². The Morgan fingerprint density at radius 1 is 1.41 bits per heavy atom. The molecule has 0 bridgehead atoms. The molecule has 0 aliphatic carbocycles. The van der Waals surface area contributed by atoms with Crippen LogP contribution in [0.5, 0.6) is 5.75 Å². The van der Waals surface area contributed by atoms with Crippen LogP contribution in [0.25, 0.3) is 11.1 Å². The third-order valence-electron chi connectivity index (χ3n) is 2.62. The van der Waals surface area contributed by atoms with E-state index in [1.807, 2.05) is 0 Å². The lowest BCUT2D eigenvalue weighted by Crippen LogP contribution is -1.93. The third-order valence-corrected chi connectivity index (χ3v) is 2.62. The summed E-state index contributed by atoms with van der Waals surface area (Å²) in [4.78, 5) is 10.8. The predicted molar refractivity (Wildman–Crippen MR) is 62.9 cm³/mol. The van der Waals surface area contributed by atoms with Gasteiger partial charge < -0.3 is 15.4 Å². The lowest BCUT2D eigenvalue weighted by Gasteiger charge is -2.06. The summed E-state index contributed by atoms with van der Waals surface area (Å²) < 4.78 is 5.05. The summed E-state index contributed by atoms with van der Waals surface area (Å²) in [5.41, 5.74) is 8.16. The minimum absolute atomic E-state index is 0.153. The number of aryl methyl sites for hydroxylation is 2. The van der Waals surface area contributed by atoms with Crippen molar-refractivity contribution in [3.8, 4) is 16.9 Å². The number of benzene rings is 1. The highest BCUT2D eigenvalue weighted by Gasteiger charge is 2.15. The van der Waals surface area contributed by atoms with Crippen molar-refractivity contribution in [3.63, 3.8) is 0 Å². The summed E-state index contributed by atoms with van der Waals surface area (Å²) in [7, 11) is 0. The Bertz CT molecular complexity index is 568. The van der Waals surface area contributed by atoms with Crippen LogP contribution in [0.15, 0.2) is 16.7 Å². The van der Waals surface area contributed by atoms with Crippen LogP contribution in [0.2, 0.25) is 0 Å². The number of nitrogen functional groups attached to an aromatic ring is 1. The van der Waals surface area contributed by atoms with Gasteiger partial charge in [0.1, 0.15) is 11.5 Å². The molecule has 0 radical (unpaired) electrons. The zero-order valence-electron chi connectivity index (χ0n) is 9.52. The number of anilines is 1. The van der Waals surface area contributed by atoms with Crippen LogP contribution in [0.1, 0.15) is 21.8 Å². The van der Waals surface area contributed by atoms with Crippen molar-refractivity contribution in [3.05, 3.63) is 29.2 Å². The molecule has 3 N–H and O–H groups in total. The van der Waals surface area contributed by atoms with Crippen molar-refractivity contribution in [1.29, 1.82) is 0 Å². The standard InChI is InChI=1S/C12H12N2O3/c1-6-11(7(2)17-14-6)8-3-9(5-15)12(16)10(13)4-8/h3-5,16H,13H2,1-2H3. The molecule has 5 heteroatoms. The first-order valence-corrected chi connectivity index (χ1v) is 5.05. The van der Waals surface area contributed by atoms with Crippen molar-refractivity contribution < 1.29 is 14.4 Å². The topological polar surface area (TPSA) is 89.3 Å². The van der Waals surface area contributed by atoms with E-state index in [-0.39, 0.29) is 17.0 Å². The van der Waals surface area contributed by atoms with Crippen LogP contribution in [0.4, 0.5) is 5.69 Å². The fourth-order valence-corrected chi connectivity index (χ4v) is 1.81. The van der Waals surface area contributed by atoms with E-state index < -0.39 is 0 Å². The van der Waals surface area contributed by atoms with Crippen molar-refractivity contribution in [2.45, 2.75) is 13.8 Å². The van der Waals surface area contributed by atoms with Crippen LogP contribution in [-0.4, -0.2) is 16.5 Å². The lowest BCUT2D eigenvalue weighted by atomic mass is 10.0. The molecule has 0 saturated heterocycles. The van der Waals surface area contributed by atoms with Gasteiger partial charge in [-0.25, -0.2) is 0 Å². The molecule has 0 amide bonds. The van der Waals surface area contributed by atoms with Gasteiger partial charge in [-0.05, 0) is 31.5 Å². The first-order valence-electron chi connectivity index (χ1n) is 5.05. The highest BCUT2D eigenvalue weighted by atomic mass is 16.5. The van der Waals surface area contributed by atoms with Gasteiger partial charge in [-0.2, -0.15) is 0 Å². The van der Waals surface area contributed by atoms with E-state index in [1.165, 1.54) is 0 Å². The summed E-state index contributed by atoms with van der Waals surface area (Å²) in [5, 5.41) is 13.4. The highest BCUT2D eigenvalue weighted by molar-refractivity contribution is 5.87. The summed E-state index contributed by atoms with van der Waals surface area (Å²) >= 11 is 0. The van der Waals surface area contributed by atoms with E-state index in [0.29, 0.717) is 23.3 Å². The average Bonchev–Trinajstić information content (AvgIpc) is 2.62. The second kappa shape index (κ2) is 3.93. The number of hydrogen-bond acceptors (Lipinski definition) is 5. The molecule has 0 fully saturated rings. The SMILES string of the molecule is Cc1noc(C)c1-c1cc(N)c(O)c(C=O)c1. The van der Waals surface area contributed by atoms with Gasteiger partial charge in [0.15, 0.2) is 6.29 Å². The first kappa shape index (κ1) is 11.2. The number of nitrogens with two attached hydrogens (primary N) is 1. The largest absolute Gasteiger partial charge is 0.505 e. The fraction of sp³-hybridized carbons (Fsp3) is 0.167. The number of carbonyl (C=O) groups excluding carboxylic acids is 1. The molecular weight excluding hydrogens is 220 g/mol. The molecule has 0 saturated carbocycles. The summed E-state index contributed by atoms with van der Waals surface area (Å²) in [6.45, 7) is 3.58. The maximum atomic E-state index is 10.8. The van der Waals surface area contributed by atoms with Gasteiger partial charge in [0.05, 0.1) is 16.9 Å². The van der Waals surface area contributed by atoms with E-state index in [1.54, 1.807) is 26.0 Å². The average molecular weight is 232 g/mol. The Hall–Kier alpha value is -2.30. The monoisotopic (exact) mass is 232 g/mol. The predicted octanol–water partition coefficient (Wildman–Crippen LogP) is 2.06. The number of hydrogen-bond donors (Lipinski definition) is 2. The molecule has 88 valence electrons. The van der Waals surface area contributed by atoms with Gasteiger partial charge in [0.2, 0.25) is 0 Å². The molecular formula is C12H12N2O3. The van der Waals surface area contributed by atoms with Crippen LogP contribution < -0.4 is 5.73 Å². The smallest absolute Gasteiger partial charge is 0.153 e. The quantitative estimate of drug-likeness (QED) is 0.470. The molecule has 0 aliphatic rings. The lowest BCUT2D eigenvalue weighted by molar-refractivity contribution is 0.112. The van der Waals surface area contributed by atoms with Crippen LogP contribution in [0.3, 0.4) is 0 Å². The minimum Gasteiger partial charge on any atom is -0.505 e. The number of aromatic hydroxyl groups is 1. The molecule has 0 atom stereocenters. The Morgan fingerprint density at radius 3 is 2.65 bits per heavy atom. The maximum absolute atomic E-state index is 10.8. The molecule has 0 spiro atoms. The number of aromatic nitrogens is 1. The number of rotatable bonds is 2. The molecule has 0 aliphatic heterocycles. The van der Waals surface area contributed by atoms with Crippen LogP contribution in [0, 0.1) is 13.8 Å². The van der Waals surface area contributed by atoms with E-state index in [9.17, 15) is 9.90 Å². The summed E-state index contributed by atoms with van der Waals surface area (Å²) in [6.07, 6.45) is 0.563. The van der Waals surface area contributed by atoms with Crippen molar-refractivity contribution >= 4 is 12.0 Å². The zero-order valence-corrected chi connectivity index (χ0v) is 9.52. The number of phenolic OH excluding ortho intramolecular Hbond substituents is 1. The Balaban J connectivity index is 2.69. The Labute approximate surface area is 97.8 Å². The van der Waals surface area contributed by atoms with Gasteiger partial charge in [-0.3, -0.25) is 4.79 Å². The van der Waals surface area contributed by atoms with E-state index in [4.69, 9.17) is 10.3 Å². The first-order chi connectivity index (χ1) is 8.04. The number of phenols is 1. The second-order valence-corrected chi connectivity index (χ2v) is 3.82. The number of nitrogens with zero attached hydrogens (tertiary/aromatic N) is 1. The molecule has 2 rings (SSSR count). The Kier molecular flexibility index (Phi) is 2.59. The van der Waals surface area contributed by atoms with Gasteiger partial charge >= 0.3 is 0 Å². The van der Waals surface area contributed by atoms with Crippen molar-refractivity contribution in [2.75, 3.05) is 5.73 Å². The minimum atomic E-state index is -0.199. The third kappa shape index (κ3) is 1.75. The molecule has 5 nitrogen and oxygen atoms in total. The van der Waals surface area contributed by atoms with E-state index >= 15 is 0 Å². The summed E-state index contributed by atoms with van der Waals surface area (Å²) in [6, 6.07) is 3.15. The summed E-state index contributed by atoms with van der Waals surface area (Å²) in [5.74, 6) is 0.444. The van der Waals surface area contributed by atoms with Crippen molar-refractivity contribution in [2.24, 2.45) is 0 Å². The molecule has 0 unspecified atom stereocenters. The van der Waals surface area contributed by atoms with Gasteiger partial charge in [0.25, 0.3) is 0 Å². The van der Waals surface area contributed by atoms with Gasteiger partial charge in [-0.15, -0.1) is 0 Å². The second-order valence-electron chi connectivity index (χ2n) is 3.82. The molecule has 17 heavy (non-hydrogen) atoms. The van der Waals surface area contributed by atoms with Crippen LogP contribution >= 0.6 is 0 Å². The normalized spacial score (nSPS) is 10.5. The van der Waals surface area contributed by atoms with E-state index in [0.717, 1.165) is 5.56 Å². The van der Waals surface area contributed by atoms with Crippen molar-refractivity contribution in [1.82, 2.24) is 5.16 Å². The maximum Gasteiger partial charge on any atom is 0.153 e. The number of aldehydes is 1.